The summed E-state index contributed by atoms with van der Waals surface area (Å²) in [6.07, 6.45) is 0. The Morgan fingerprint density at radius 3 is 2.43 bits per heavy atom. The maximum absolute atomic E-state index is 12.2. The molecule has 0 aliphatic carbocycles. The van der Waals surface area contributed by atoms with Gasteiger partial charge in [0, 0.05) is 16.8 Å². The van der Waals surface area contributed by atoms with Gasteiger partial charge in [-0.1, -0.05) is 42.2 Å². The average Bonchev–Trinajstić information content (AvgIpc) is 2.72. The summed E-state index contributed by atoms with van der Waals surface area (Å²) in [7, 11) is 1.57. The van der Waals surface area contributed by atoms with Crippen molar-refractivity contribution in [2.45, 2.75) is 6.92 Å². The van der Waals surface area contributed by atoms with E-state index in [1.807, 2.05) is 73.7 Å². The van der Waals surface area contributed by atoms with Gasteiger partial charge < -0.3 is 14.8 Å². The lowest BCUT2D eigenvalue weighted by Crippen LogP contribution is -2.20. The maximum atomic E-state index is 12.2. The van der Waals surface area contributed by atoms with Crippen molar-refractivity contribution in [2.75, 3.05) is 19.0 Å². The molecule has 0 aliphatic rings. The van der Waals surface area contributed by atoms with E-state index in [9.17, 15) is 4.79 Å². The Hall–Kier alpha value is -3.71. The monoisotopic (exact) mass is 371 g/mol. The van der Waals surface area contributed by atoms with Crippen LogP contribution in [0.2, 0.25) is 0 Å². The number of carbonyl (C=O) groups is 1. The van der Waals surface area contributed by atoms with Gasteiger partial charge in [0.25, 0.3) is 5.91 Å². The molecular weight excluding hydrogens is 350 g/mol. The molecule has 0 radical (unpaired) electrons. The first-order chi connectivity index (χ1) is 13.6. The van der Waals surface area contributed by atoms with Crippen molar-refractivity contribution >= 4 is 11.6 Å². The molecule has 0 aromatic heterocycles. The van der Waals surface area contributed by atoms with E-state index in [1.165, 1.54) is 0 Å². The fourth-order valence-electron chi connectivity index (χ4n) is 2.57. The van der Waals surface area contributed by atoms with Gasteiger partial charge in [0.15, 0.2) is 18.1 Å². The largest absolute Gasteiger partial charge is 0.493 e. The van der Waals surface area contributed by atoms with Crippen LogP contribution in [0.4, 0.5) is 5.69 Å². The van der Waals surface area contributed by atoms with Gasteiger partial charge in [0.2, 0.25) is 0 Å². The van der Waals surface area contributed by atoms with E-state index in [-0.39, 0.29) is 12.5 Å². The highest BCUT2D eigenvalue weighted by Gasteiger charge is 2.08. The van der Waals surface area contributed by atoms with E-state index < -0.39 is 0 Å². The minimum absolute atomic E-state index is 0.112. The van der Waals surface area contributed by atoms with Crippen molar-refractivity contribution < 1.29 is 14.3 Å². The van der Waals surface area contributed by atoms with Gasteiger partial charge in [-0.2, -0.15) is 0 Å². The number of hydrogen-bond acceptors (Lipinski definition) is 3. The molecule has 0 aliphatic heterocycles. The van der Waals surface area contributed by atoms with Gasteiger partial charge in [-0.3, -0.25) is 4.79 Å². The summed E-state index contributed by atoms with van der Waals surface area (Å²) in [4.78, 5) is 12.2. The molecule has 0 heterocycles. The maximum Gasteiger partial charge on any atom is 0.262 e. The van der Waals surface area contributed by atoms with Crippen LogP contribution in [-0.4, -0.2) is 19.6 Å². The quantitative estimate of drug-likeness (QED) is 0.676. The number of benzene rings is 3. The zero-order valence-electron chi connectivity index (χ0n) is 15.9. The summed E-state index contributed by atoms with van der Waals surface area (Å²) >= 11 is 0. The summed E-state index contributed by atoms with van der Waals surface area (Å²) < 4.78 is 10.9. The smallest absolute Gasteiger partial charge is 0.262 e. The highest BCUT2D eigenvalue weighted by Crippen LogP contribution is 2.27. The lowest BCUT2D eigenvalue weighted by molar-refractivity contribution is -0.118. The summed E-state index contributed by atoms with van der Waals surface area (Å²) in [6.45, 7) is 1.85. The van der Waals surface area contributed by atoms with Gasteiger partial charge in [-0.25, -0.2) is 0 Å². The van der Waals surface area contributed by atoms with E-state index in [1.54, 1.807) is 13.2 Å². The topological polar surface area (TPSA) is 47.6 Å². The molecule has 0 atom stereocenters. The number of ether oxygens (including phenoxy) is 2. The number of nitrogens with one attached hydrogen (secondary N) is 1. The van der Waals surface area contributed by atoms with Crippen LogP contribution in [0.25, 0.3) is 0 Å². The van der Waals surface area contributed by atoms with Gasteiger partial charge in [0.05, 0.1) is 7.11 Å². The lowest BCUT2D eigenvalue weighted by Gasteiger charge is -2.11. The van der Waals surface area contributed by atoms with Crippen LogP contribution in [0.3, 0.4) is 0 Å². The molecule has 3 rings (SSSR count). The predicted molar refractivity (Wildman–Crippen MR) is 111 cm³/mol. The van der Waals surface area contributed by atoms with Gasteiger partial charge in [-0.05, 0) is 55.0 Å². The van der Waals surface area contributed by atoms with Crippen LogP contribution in [0.5, 0.6) is 11.5 Å². The molecule has 0 fully saturated rings. The normalized spacial score (nSPS) is 9.79. The Labute approximate surface area is 165 Å². The van der Waals surface area contributed by atoms with Crippen LogP contribution in [0.15, 0.2) is 72.8 Å². The number of carbonyl (C=O) groups excluding carboxylic acids is 1. The standard InChI is InChI=1S/C24H21NO3/c1-18-11-14-22(23(15-18)27-2)28-17-24(26)25-21-10-6-9-20(16-21)13-12-19-7-4-3-5-8-19/h3-11,14-16H,17H2,1-2H3,(H,25,26). The molecule has 140 valence electrons. The van der Waals surface area contributed by atoms with Crippen LogP contribution in [-0.2, 0) is 4.79 Å². The Kier molecular flexibility index (Phi) is 6.33. The Balaban J connectivity index is 1.61. The number of anilines is 1. The van der Waals surface area contributed by atoms with E-state index in [0.29, 0.717) is 17.2 Å². The number of amides is 1. The van der Waals surface area contributed by atoms with Crippen LogP contribution >= 0.6 is 0 Å². The summed E-state index contributed by atoms with van der Waals surface area (Å²) in [6, 6.07) is 22.7. The van der Waals surface area contributed by atoms with Gasteiger partial charge in [-0.15, -0.1) is 0 Å². The molecular formula is C24H21NO3. The zero-order chi connectivity index (χ0) is 19.8. The second-order valence-corrected chi connectivity index (χ2v) is 6.19. The molecule has 0 saturated carbocycles. The molecule has 0 saturated heterocycles. The zero-order valence-corrected chi connectivity index (χ0v) is 15.9. The average molecular weight is 371 g/mol. The Morgan fingerprint density at radius 1 is 0.893 bits per heavy atom. The van der Waals surface area contributed by atoms with E-state index in [0.717, 1.165) is 16.7 Å². The molecule has 1 N–H and O–H groups in total. The number of methoxy groups -OCH3 is 1. The first-order valence-electron chi connectivity index (χ1n) is 8.88. The second kappa shape index (κ2) is 9.29. The molecule has 0 unspecified atom stereocenters. The van der Waals surface area contributed by atoms with Crippen molar-refractivity contribution in [1.29, 1.82) is 0 Å². The third-order valence-electron chi connectivity index (χ3n) is 3.95. The minimum atomic E-state index is -0.254. The number of hydrogen-bond donors (Lipinski definition) is 1. The first-order valence-corrected chi connectivity index (χ1v) is 8.88. The highest BCUT2D eigenvalue weighted by molar-refractivity contribution is 5.92. The minimum Gasteiger partial charge on any atom is -0.493 e. The second-order valence-electron chi connectivity index (χ2n) is 6.19. The SMILES string of the molecule is COc1cc(C)ccc1OCC(=O)Nc1cccc(C#Cc2ccccc2)c1. The Bertz CT molecular complexity index is 1020. The molecule has 0 bridgehead atoms. The Morgan fingerprint density at radius 2 is 1.64 bits per heavy atom. The first kappa shape index (κ1) is 19.1. The van der Waals surface area contributed by atoms with Crippen molar-refractivity contribution in [3.8, 4) is 23.3 Å². The fourth-order valence-corrected chi connectivity index (χ4v) is 2.57. The molecule has 3 aromatic rings. The predicted octanol–water partition coefficient (Wildman–Crippen LogP) is 4.42. The van der Waals surface area contributed by atoms with E-state index >= 15 is 0 Å². The van der Waals surface area contributed by atoms with Crippen LogP contribution in [0, 0.1) is 18.8 Å². The van der Waals surface area contributed by atoms with Crippen LogP contribution in [0.1, 0.15) is 16.7 Å². The van der Waals surface area contributed by atoms with Crippen molar-refractivity contribution in [2.24, 2.45) is 0 Å². The lowest BCUT2D eigenvalue weighted by atomic mass is 10.1. The number of aryl methyl sites for hydroxylation is 1. The number of rotatable bonds is 5. The molecule has 4 heteroatoms. The summed E-state index contributed by atoms with van der Waals surface area (Å²) in [5, 5.41) is 2.83. The van der Waals surface area contributed by atoms with Crippen LogP contribution < -0.4 is 14.8 Å². The van der Waals surface area contributed by atoms with Crippen molar-refractivity contribution in [3.05, 3.63) is 89.5 Å². The molecule has 1 amide bonds. The fraction of sp³-hybridized carbons (Fsp3) is 0.125. The highest BCUT2D eigenvalue weighted by atomic mass is 16.5. The molecule has 0 spiro atoms. The summed E-state index contributed by atoms with van der Waals surface area (Å²) in [5.41, 5.74) is 3.49. The molecule has 4 nitrogen and oxygen atoms in total. The molecule has 3 aromatic carbocycles. The van der Waals surface area contributed by atoms with Crippen molar-refractivity contribution in [3.63, 3.8) is 0 Å². The van der Waals surface area contributed by atoms with Gasteiger partial charge >= 0.3 is 0 Å². The van der Waals surface area contributed by atoms with Crippen molar-refractivity contribution in [1.82, 2.24) is 0 Å². The van der Waals surface area contributed by atoms with E-state index in [4.69, 9.17) is 9.47 Å². The third kappa shape index (κ3) is 5.39. The van der Waals surface area contributed by atoms with Gasteiger partial charge in [0.1, 0.15) is 0 Å². The van der Waals surface area contributed by atoms with E-state index in [2.05, 4.69) is 17.2 Å². The summed E-state index contributed by atoms with van der Waals surface area (Å²) in [5.74, 6) is 7.09. The molecule has 28 heavy (non-hydrogen) atoms. The third-order valence-corrected chi connectivity index (χ3v) is 3.95.